The Morgan fingerprint density at radius 1 is 1.00 bits per heavy atom. The molecular formula is C31H39N5O4. The van der Waals surface area contributed by atoms with Crippen LogP contribution in [0, 0.1) is 24.7 Å². The van der Waals surface area contributed by atoms with Gasteiger partial charge in [0.15, 0.2) is 0 Å². The summed E-state index contributed by atoms with van der Waals surface area (Å²) in [5, 5.41) is 3.47. The molecule has 9 nitrogen and oxygen atoms in total. The van der Waals surface area contributed by atoms with Gasteiger partial charge in [-0.15, -0.1) is 0 Å². The van der Waals surface area contributed by atoms with Crippen molar-refractivity contribution in [3.63, 3.8) is 0 Å². The standard InChI is InChI=1S/C31H39N5O4/c1-4-40-29(38)25-26(24-8-6-5-7-9-24)32-20(3)33-27(25)28(37)35-10-11-36(19(2)18-35)30(39)34-31-15-21-12-22(16-31)14-23(13-21)17-31/h5-9,19,21-23H,4,10-18H2,1-3H3,(H,34,39). The van der Waals surface area contributed by atoms with Gasteiger partial charge in [-0.3, -0.25) is 4.79 Å². The van der Waals surface area contributed by atoms with E-state index in [2.05, 4.69) is 15.3 Å². The van der Waals surface area contributed by atoms with Crippen LogP contribution in [-0.4, -0.2) is 75.5 Å². The summed E-state index contributed by atoms with van der Waals surface area (Å²) < 4.78 is 5.34. The molecule has 0 radical (unpaired) electrons. The molecule has 1 aromatic carbocycles. The van der Waals surface area contributed by atoms with Crippen LogP contribution in [0.1, 0.15) is 79.0 Å². The summed E-state index contributed by atoms with van der Waals surface area (Å²) in [6.07, 6.45) is 7.29. The van der Waals surface area contributed by atoms with Crippen molar-refractivity contribution in [2.24, 2.45) is 17.8 Å². The molecule has 9 heteroatoms. The van der Waals surface area contributed by atoms with Crippen molar-refractivity contribution in [1.29, 1.82) is 0 Å². The molecule has 40 heavy (non-hydrogen) atoms. The van der Waals surface area contributed by atoms with Crippen LogP contribution in [0.15, 0.2) is 30.3 Å². The molecule has 1 atom stereocenters. The van der Waals surface area contributed by atoms with Gasteiger partial charge in [0.05, 0.1) is 12.3 Å². The highest BCUT2D eigenvalue weighted by molar-refractivity contribution is 6.07. The second-order valence-electron chi connectivity index (χ2n) is 12.4. The summed E-state index contributed by atoms with van der Waals surface area (Å²) in [4.78, 5) is 53.1. The van der Waals surface area contributed by atoms with Crippen molar-refractivity contribution in [3.05, 3.63) is 47.4 Å². The topological polar surface area (TPSA) is 105 Å². The van der Waals surface area contributed by atoms with Crippen molar-refractivity contribution in [2.75, 3.05) is 26.2 Å². The summed E-state index contributed by atoms with van der Waals surface area (Å²) in [7, 11) is 0. The molecule has 2 aromatic rings. The number of rotatable bonds is 5. The van der Waals surface area contributed by atoms with Gasteiger partial charge in [-0.05, 0) is 77.0 Å². The lowest BCUT2D eigenvalue weighted by molar-refractivity contribution is -0.0176. The molecule has 5 aliphatic rings. The van der Waals surface area contributed by atoms with Crippen LogP contribution in [0.5, 0.6) is 0 Å². The maximum absolute atomic E-state index is 13.9. The molecular weight excluding hydrogens is 506 g/mol. The highest BCUT2D eigenvalue weighted by Crippen LogP contribution is 2.55. The molecule has 7 rings (SSSR count). The Hall–Kier alpha value is -3.49. The number of amides is 3. The van der Waals surface area contributed by atoms with Crippen LogP contribution in [-0.2, 0) is 4.74 Å². The van der Waals surface area contributed by atoms with Crippen LogP contribution in [0.25, 0.3) is 11.3 Å². The van der Waals surface area contributed by atoms with Gasteiger partial charge in [0.25, 0.3) is 5.91 Å². The molecule has 1 aromatic heterocycles. The molecule has 4 saturated carbocycles. The SMILES string of the molecule is CCOC(=O)c1c(C(=O)N2CCN(C(=O)NC34CC5CC(CC(C5)C3)C4)C(C)C2)nc(C)nc1-c1ccccc1. The second-order valence-corrected chi connectivity index (χ2v) is 12.4. The average molecular weight is 546 g/mol. The molecule has 5 fully saturated rings. The first-order valence-corrected chi connectivity index (χ1v) is 14.7. The van der Waals surface area contributed by atoms with Gasteiger partial charge < -0.3 is 19.9 Å². The van der Waals surface area contributed by atoms with E-state index in [0.29, 0.717) is 36.7 Å². The van der Waals surface area contributed by atoms with Gasteiger partial charge in [0.2, 0.25) is 0 Å². The van der Waals surface area contributed by atoms with Crippen LogP contribution in [0.2, 0.25) is 0 Å². The van der Waals surface area contributed by atoms with Crippen LogP contribution in [0.4, 0.5) is 4.79 Å². The van der Waals surface area contributed by atoms with E-state index in [-0.39, 0.29) is 41.4 Å². The summed E-state index contributed by atoms with van der Waals surface area (Å²) in [6, 6.07) is 9.11. The molecule has 3 amide bonds. The van der Waals surface area contributed by atoms with Gasteiger partial charge in [0, 0.05) is 36.8 Å². The van der Waals surface area contributed by atoms with E-state index in [1.807, 2.05) is 42.2 Å². The van der Waals surface area contributed by atoms with Crippen molar-refractivity contribution in [1.82, 2.24) is 25.1 Å². The third-order valence-electron chi connectivity index (χ3n) is 9.34. The molecule has 1 N–H and O–H groups in total. The zero-order valence-corrected chi connectivity index (χ0v) is 23.7. The number of urea groups is 1. The van der Waals surface area contributed by atoms with E-state index >= 15 is 0 Å². The van der Waals surface area contributed by atoms with E-state index in [1.54, 1.807) is 18.7 Å². The molecule has 4 aliphatic carbocycles. The van der Waals surface area contributed by atoms with E-state index in [9.17, 15) is 14.4 Å². The fraction of sp³-hybridized carbons (Fsp3) is 0.581. The third-order valence-corrected chi connectivity index (χ3v) is 9.34. The zero-order valence-electron chi connectivity index (χ0n) is 23.7. The van der Waals surface area contributed by atoms with Gasteiger partial charge >= 0.3 is 12.0 Å². The van der Waals surface area contributed by atoms with Crippen molar-refractivity contribution in [3.8, 4) is 11.3 Å². The monoisotopic (exact) mass is 545 g/mol. The number of ether oxygens (including phenoxy) is 1. The maximum Gasteiger partial charge on any atom is 0.342 e. The van der Waals surface area contributed by atoms with E-state index in [0.717, 1.165) is 37.0 Å². The van der Waals surface area contributed by atoms with E-state index in [1.165, 1.54) is 19.3 Å². The number of hydrogen-bond donors (Lipinski definition) is 1. The van der Waals surface area contributed by atoms with Crippen LogP contribution >= 0.6 is 0 Å². The quantitative estimate of drug-likeness (QED) is 0.557. The summed E-state index contributed by atoms with van der Waals surface area (Å²) in [5.41, 5.74) is 1.17. The van der Waals surface area contributed by atoms with Crippen molar-refractivity contribution in [2.45, 2.75) is 70.9 Å². The zero-order chi connectivity index (χ0) is 28.0. The Kier molecular flexibility index (Phi) is 7.00. The average Bonchev–Trinajstić information content (AvgIpc) is 2.91. The fourth-order valence-electron chi connectivity index (χ4n) is 8.08. The first-order valence-electron chi connectivity index (χ1n) is 14.7. The molecule has 1 unspecified atom stereocenters. The van der Waals surface area contributed by atoms with E-state index in [4.69, 9.17) is 4.74 Å². The second kappa shape index (κ2) is 10.5. The number of hydrogen-bond acceptors (Lipinski definition) is 6. The molecule has 1 saturated heterocycles. The van der Waals surface area contributed by atoms with Crippen molar-refractivity contribution >= 4 is 17.9 Å². The van der Waals surface area contributed by atoms with E-state index < -0.39 is 5.97 Å². The normalized spacial score (nSPS) is 28.9. The summed E-state index contributed by atoms with van der Waals surface area (Å²) in [6.45, 7) is 6.74. The minimum Gasteiger partial charge on any atom is -0.462 e. The smallest absolute Gasteiger partial charge is 0.342 e. The Morgan fingerprint density at radius 2 is 1.65 bits per heavy atom. The molecule has 212 valence electrons. The first kappa shape index (κ1) is 26.7. The van der Waals surface area contributed by atoms with Crippen molar-refractivity contribution < 1.29 is 19.1 Å². The minimum absolute atomic E-state index is 0.0157. The van der Waals surface area contributed by atoms with Gasteiger partial charge in [-0.25, -0.2) is 19.6 Å². The number of aromatic nitrogens is 2. The van der Waals surface area contributed by atoms with Gasteiger partial charge in [-0.2, -0.15) is 0 Å². The minimum atomic E-state index is -0.619. The Bertz CT molecular complexity index is 1280. The molecule has 1 aliphatic heterocycles. The lowest BCUT2D eigenvalue weighted by Gasteiger charge is -2.57. The largest absolute Gasteiger partial charge is 0.462 e. The number of esters is 1. The number of nitrogens with zero attached hydrogens (tertiary/aromatic N) is 4. The predicted octanol–water partition coefficient (Wildman–Crippen LogP) is 4.45. The predicted molar refractivity (Wildman–Crippen MR) is 150 cm³/mol. The Morgan fingerprint density at radius 3 is 2.25 bits per heavy atom. The molecule has 0 spiro atoms. The number of benzene rings is 1. The number of carbonyl (C=O) groups is 3. The number of aryl methyl sites for hydroxylation is 1. The fourth-order valence-corrected chi connectivity index (χ4v) is 8.08. The lowest BCUT2D eigenvalue weighted by Crippen LogP contribution is -2.65. The van der Waals surface area contributed by atoms with Crippen LogP contribution < -0.4 is 5.32 Å². The Labute approximate surface area is 235 Å². The Balaban J connectivity index is 1.20. The number of piperazine rings is 1. The van der Waals surface area contributed by atoms with Crippen LogP contribution in [0.3, 0.4) is 0 Å². The highest BCUT2D eigenvalue weighted by Gasteiger charge is 2.52. The highest BCUT2D eigenvalue weighted by atomic mass is 16.5. The number of carbonyl (C=O) groups excluding carboxylic acids is 3. The summed E-state index contributed by atoms with van der Waals surface area (Å²) >= 11 is 0. The van der Waals surface area contributed by atoms with Gasteiger partial charge in [-0.1, -0.05) is 30.3 Å². The maximum atomic E-state index is 13.9. The first-order chi connectivity index (χ1) is 19.2. The number of nitrogens with one attached hydrogen (secondary N) is 1. The molecule has 4 bridgehead atoms. The van der Waals surface area contributed by atoms with Gasteiger partial charge in [0.1, 0.15) is 17.1 Å². The lowest BCUT2D eigenvalue weighted by atomic mass is 9.53. The molecule has 2 heterocycles. The summed E-state index contributed by atoms with van der Waals surface area (Å²) in [5.74, 6) is 1.69. The third kappa shape index (κ3) is 4.95.